The van der Waals surface area contributed by atoms with Crippen LogP contribution < -0.4 is 11.1 Å². The van der Waals surface area contributed by atoms with Crippen LogP contribution in [0.5, 0.6) is 0 Å². The van der Waals surface area contributed by atoms with Crippen LogP contribution in [0.4, 0.5) is 0 Å². The van der Waals surface area contributed by atoms with Crippen LogP contribution in [0.25, 0.3) is 0 Å². The molecule has 6 heteroatoms. The monoisotopic (exact) mass is 538 g/mol. The zero-order valence-corrected chi connectivity index (χ0v) is 21.0. The second-order valence-electron chi connectivity index (χ2n) is 6.32. The van der Waals surface area contributed by atoms with Gasteiger partial charge < -0.3 is 16.2 Å². The molecule has 0 aromatic carbocycles. The van der Waals surface area contributed by atoms with Crippen LogP contribution in [-0.4, -0.2) is 56.9 Å². The molecule has 0 saturated heterocycles. The van der Waals surface area contributed by atoms with E-state index in [-0.39, 0.29) is 33.2 Å². The summed E-state index contributed by atoms with van der Waals surface area (Å²) in [5.74, 6) is -1.10. The van der Waals surface area contributed by atoms with Crippen LogP contribution in [-0.2, 0) is 9.59 Å². The SMILES string of the molecule is CCCCCCCCCCCC(=O)N[C@@H](CCCCN)C(=O)O.[PbH2]. The summed E-state index contributed by atoms with van der Waals surface area (Å²) >= 11 is 0. The number of nitrogens with two attached hydrogens (primary N) is 1. The van der Waals surface area contributed by atoms with Crippen molar-refractivity contribution < 1.29 is 14.7 Å². The van der Waals surface area contributed by atoms with E-state index in [0.717, 1.165) is 32.1 Å². The maximum atomic E-state index is 11.8. The van der Waals surface area contributed by atoms with Gasteiger partial charge in [-0.25, -0.2) is 4.79 Å². The number of carbonyl (C=O) groups is 2. The van der Waals surface area contributed by atoms with Crippen molar-refractivity contribution in [2.75, 3.05) is 6.54 Å². The van der Waals surface area contributed by atoms with E-state index in [1.165, 1.54) is 38.5 Å². The van der Waals surface area contributed by atoms with Gasteiger partial charge in [0.1, 0.15) is 6.04 Å². The van der Waals surface area contributed by atoms with Crippen molar-refractivity contribution >= 4 is 39.2 Å². The molecule has 0 unspecified atom stereocenters. The first-order chi connectivity index (χ1) is 11.1. The van der Waals surface area contributed by atoms with Gasteiger partial charge >= 0.3 is 33.3 Å². The fourth-order valence-corrected chi connectivity index (χ4v) is 2.61. The van der Waals surface area contributed by atoms with E-state index in [9.17, 15) is 9.59 Å². The molecule has 0 heterocycles. The summed E-state index contributed by atoms with van der Waals surface area (Å²) in [5.41, 5.74) is 5.40. The first-order valence-corrected chi connectivity index (χ1v) is 9.34. The third-order valence-electron chi connectivity index (χ3n) is 4.09. The van der Waals surface area contributed by atoms with Gasteiger partial charge in [-0.2, -0.15) is 0 Å². The summed E-state index contributed by atoms with van der Waals surface area (Å²) in [6.45, 7) is 2.77. The van der Waals surface area contributed by atoms with E-state index < -0.39 is 12.0 Å². The van der Waals surface area contributed by atoms with Crippen molar-refractivity contribution in [1.29, 1.82) is 0 Å². The Morgan fingerprint density at radius 1 is 0.917 bits per heavy atom. The van der Waals surface area contributed by atoms with Gasteiger partial charge in [-0.3, -0.25) is 4.79 Å². The molecule has 1 amide bonds. The van der Waals surface area contributed by atoms with Crippen molar-refractivity contribution in [3.05, 3.63) is 0 Å². The van der Waals surface area contributed by atoms with Gasteiger partial charge in [-0.1, -0.05) is 58.3 Å². The number of amides is 1. The summed E-state index contributed by atoms with van der Waals surface area (Å²) < 4.78 is 0. The van der Waals surface area contributed by atoms with Gasteiger partial charge in [-0.15, -0.1) is 0 Å². The van der Waals surface area contributed by atoms with Crippen molar-refractivity contribution in [2.24, 2.45) is 5.73 Å². The van der Waals surface area contributed by atoms with Crippen LogP contribution in [0, 0.1) is 0 Å². The number of carboxylic acid groups (broad SMARTS) is 1. The standard InChI is InChI=1S/C18H36N2O3.Pb.2H/c1-2-3-4-5-6-7-8-9-10-14-17(21)20-16(18(22)23)13-11-12-15-19;;;/h16H,2-15,19H2,1H3,(H,20,21)(H,22,23);;;/t16-;;;/m0.../s1. The van der Waals surface area contributed by atoms with E-state index in [0.29, 0.717) is 19.4 Å². The van der Waals surface area contributed by atoms with Crippen LogP contribution in [0.3, 0.4) is 0 Å². The molecular weight excluding hydrogens is 499 g/mol. The summed E-state index contributed by atoms with van der Waals surface area (Å²) in [7, 11) is 0. The number of hydrogen-bond donors (Lipinski definition) is 3. The number of hydrogen-bond acceptors (Lipinski definition) is 3. The number of carbonyl (C=O) groups excluding carboxylic acids is 1. The van der Waals surface area contributed by atoms with E-state index in [2.05, 4.69) is 12.2 Å². The third-order valence-corrected chi connectivity index (χ3v) is 4.09. The molecule has 0 aliphatic heterocycles. The van der Waals surface area contributed by atoms with Crippen LogP contribution >= 0.6 is 0 Å². The normalized spacial score (nSPS) is 11.6. The molecule has 0 fully saturated rings. The fourth-order valence-electron chi connectivity index (χ4n) is 2.61. The number of carboxylic acids is 1. The molecule has 1 atom stereocenters. The van der Waals surface area contributed by atoms with Crippen LogP contribution in [0.15, 0.2) is 0 Å². The van der Waals surface area contributed by atoms with Crippen molar-refractivity contribution in [3.8, 4) is 0 Å². The summed E-state index contributed by atoms with van der Waals surface area (Å²) in [5, 5.41) is 11.7. The predicted molar refractivity (Wildman–Crippen MR) is 103 cm³/mol. The topological polar surface area (TPSA) is 92.4 Å². The average molecular weight is 538 g/mol. The molecule has 0 spiro atoms. The number of unbranched alkanes of at least 4 members (excludes halogenated alkanes) is 9. The van der Waals surface area contributed by atoms with Crippen LogP contribution in [0.1, 0.15) is 90.4 Å². The Bertz CT molecular complexity index is 315. The second-order valence-corrected chi connectivity index (χ2v) is 6.32. The molecule has 0 aromatic rings. The number of nitrogens with one attached hydrogen (secondary N) is 1. The van der Waals surface area contributed by atoms with Crippen molar-refractivity contribution in [2.45, 2.75) is 96.4 Å². The molecule has 142 valence electrons. The van der Waals surface area contributed by atoms with Crippen LogP contribution in [0.2, 0.25) is 0 Å². The zero-order valence-electron chi connectivity index (χ0n) is 15.5. The van der Waals surface area contributed by atoms with E-state index >= 15 is 0 Å². The predicted octanol–water partition coefficient (Wildman–Crippen LogP) is 2.69. The molecule has 0 aliphatic carbocycles. The molecular formula is C18H38N2O3Pb. The quantitative estimate of drug-likeness (QED) is 0.209. The molecule has 0 bridgehead atoms. The van der Waals surface area contributed by atoms with E-state index in [1.54, 1.807) is 0 Å². The molecule has 0 aromatic heterocycles. The van der Waals surface area contributed by atoms with Gasteiger partial charge in [0.2, 0.25) is 5.91 Å². The first kappa shape index (κ1) is 26.1. The van der Waals surface area contributed by atoms with Gasteiger partial charge in [0.05, 0.1) is 0 Å². The van der Waals surface area contributed by atoms with Gasteiger partial charge in [0, 0.05) is 6.42 Å². The second kappa shape index (κ2) is 19.2. The van der Waals surface area contributed by atoms with Gasteiger partial charge in [0.15, 0.2) is 0 Å². The summed E-state index contributed by atoms with van der Waals surface area (Å²) in [6.07, 6.45) is 13.2. The van der Waals surface area contributed by atoms with Gasteiger partial charge in [0.25, 0.3) is 0 Å². The molecule has 5 nitrogen and oxygen atoms in total. The van der Waals surface area contributed by atoms with Crippen molar-refractivity contribution in [1.82, 2.24) is 5.32 Å². The zero-order chi connectivity index (χ0) is 17.3. The average Bonchev–Trinajstić information content (AvgIpc) is 2.52. The first-order valence-electron chi connectivity index (χ1n) is 9.34. The third kappa shape index (κ3) is 16.7. The van der Waals surface area contributed by atoms with E-state index in [1.807, 2.05) is 0 Å². The molecule has 2 radical (unpaired) electrons. The Labute approximate surface area is 167 Å². The molecule has 4 N–H and O–H groups in total. The maximum absolute atomic E-state index is 11.8. The Morgan fingerprint density at radius 2 is 1.46 bits per heavy atom. The number of aliphatic carboxylic acids is 1. The molecule has 0 saturated carbocycles. The Balaban J connectivity index is 0. The summed E-state index contributed by atoms with van der Waals surface area (Å²) in [4.78, 5) is 22.9. The fraction of sp³-hybridized carbons (Fsp3) is 0.889. The van der Waals surface area contributed by atoms with E-state index in [4.69, 9.17) is 10.8 Å². The Kier molecular flexibility index (Phi) is 20.8. The molecule has 0 aliphatic rings. The number of rotatable bonds is 16. The van der Waals surface area contributed by atoms with Crippen molar-refractivity contribution in [3.63, 3.8) is 0 Å². The minimum absolute atomic E-state index is 0. The van der Waals surface area contributed by atoms with Gasteiger partial charge in [-0.05, 0) is 32.2 Å². The minimum atomic E-state index is -0.956. The Hall–Kier alpha value is -0.178. The summed E-state index contributed by atoms with van der Waals surface area (Å²) in [6, 6.07) is -0.771. The molecule has 0 rings (SSSR count). The molecule has 24 heavy (non-hydrogen) atoms. The Morgan fingerprint density at radius 3 is 1.96 bits per heavy atom.